The van der Waals surface area contributed by atoms with E-state index >= 15 is 0 Å². The van der Waals surface area contributed by atoms with Crippen molar-refractivity contribution in [2.45, 2.75) is 31.8 Å². The highest BCUT2D eigenvalue weighted by Gasteiger charge is 2.20. The molecule has 1 aliphatic carbocycles. The molecular weight excluding hydrogens is 308 g/mol. The van der Waals surface area contributed by atoms with Crippen LogP contribution in [0.1, 0.15) is 34.9 Å². The first-order chi connectivity index (χ1) is 8.78. The number of hydrogen-bond acceptors (Lipinski definition) is 2. The van der Waals surface area contributed by atoms with E-state index in [0.717, 1.165) is 6.54 Å². The van der Waals surface area contributed by atoms with Gasteiger partial charge in [0.1, 0.15) is 0 Å². The molecule has 0 bridgehead atoms. The van der Waals surface area contributed by atoms with Crippen molar-refractivity contribution in [3.05, 3.63) is 44.3 Å². The molecule has 1 aliphatic rings. The molecule has 1 atom stereocenters. The van der Waals surface area contributed by atoms with Crippen molar-refractivity contribution >= 4 is 27.3 Å². The number of aryl methyl sites for hydroxylation is 1. The lowest BCUT2D eigenvalue weighted by Gasteiger charge is -2.21. The lowest BCUT2D eigenvalue weighted by atomic mass is 9.91. The maximum absolute atomic E-state index is 3.61. The summed E-state index contributed by atoms with van der Waals surface area (Å²) < 4.78 is 3.56. The first kappa shape index (κ1) is 12.5. The smallest absolute Gasteiger partial charge is 0.0575 e. The molecule has 0 saturated carbocycles. The summed E-state index contributed by atoms with van der Waals surface area (Å²) >= 11 is 5.42. The topological polar surface area (TPSA) is 17.0 Å². The third kappa shape index (κ3) is 2.29. The number of nitrogens with one attached hydrogen (secondary N) is 1. The molecule has 0 spiro atoms. The monoisotopic (exact) mass is 324 g/mol. The van der Waals surface area contributed by atoms with Crippen molar-refractivity contribution in [2.75, 3.05) is 7.05 Å². The molecule has 1 N–H and O–H groups in total. The van der Waals surface area contributed by atoms with Crippen LogP contribution in [0, 0.1) is 0 Å². The Bertz CT molecular complexity index is 544. The van der Waals surface area contributed by atoms with Gasteiger partial charge < -0.3 is 9.88 Å². The molecule has 0 fully saturated rings. The maximum atomic E-state index is 3.61. The van der Waals surface area contributed by atoms with Gasteiger partial charge in [0.15, 0.2) is 0 Å². The first-order valence-electron chi connectivity index (χ1n) is 6.35. The van der Waals surface area contributed by atoms with Gasteiger partial charge in [0.25, 0.3) is 0 Å². The second-order valence-electron chi connectivity index (χ2n) is 4.84. The quantitative estimate of drug-likeness (QED) is 0.904. The molecule has 0 amide bonds. The van der Waals surface area contributed by atoms with Gasteiger partial charge in [-0.2, -0.15) is 0 Å². The number of thiophene rings is 1. The molecule has 1 unspecified atom stereocenters. The fourth-order valence-corrected chi connectivity index (χ4v) is 4.23. The molecule has 0 saturated heterocycles. The van der Waals surface area contributed by atoms with Crippen molar-refractivity contribution < 1.29 is 0 Å². The molecule has 2 heterocycles. The largest absolute Gasteiger partial charge is 0.348 e. The zero-order chi connectivity index (χ0) is 12.5. The molecule has 4 heteroatoms. The minimum Gasteiger partial charge on any atom is -0.348 e. The summed E-state index contributed by atoms with van der Waals surface area (Å²) in [6, 6.07) is 2.67. The molecule has 0 aliphatic heterocycles. The van der Waals surface area contributed by atoms with Crippen molar-refractivity contribution in [1.29, 1.82) is 0 Å². The van der Waals surface area contributed by atoms with Crippen molar-refractivity contribution in [2.24, 2.45) is 0 Å². The van der Waals surface area contributed by atoms with Crippen LogP contribution < -0.4 is 5.32 Å². The fraction of sp³-hybridized carbons (Fsp3) is 0.429. The van der Waals surface area contributed by atoms with Crippen LogP contribution in [0.25, 0.3) is 0 Å². The molecular formula is C14H17BrN2S. The van der Waals surface area contributed by atoms with Crippen LogP contribution in [0.4, 0.5) is 0 Å². The number of hydrogen-bond donors (Lipinski definition) is 1. The summed E-state index contributed by atoms with van der Waals surface area (Å²) in [4.78, 5) is 1.39. The standard InChI is InChI=1S/C14H17BrN2S/c1-16-13-4-2-3-10-7-17(8-11(10)13)9-14-12(15)5-6-18-14/h5-8,13,16H,2-4,9H2,1H3. The Labute approximate surface area is 120 Å². The van der Waals surface area contributed by atoms with E-state index in [1.54, 1.807) is 0 Å². The molecule has 0 aromatic carbocycles. The van der Waals surface area contributed by atoms with Crippen LogP contribution in [0.5, 0.6) is 0 Å². The summed E-state index contributed by atoms with van der Waals surface area (Å²) in [6.07, 6.45) is 8.43. The average molecular weight is 325 g/mol. The number of halogens is 1. The molecule has 96 valence electrons. The SMILES string of the molecule is CNC1CCCc2cn(Cc3sccc3Br)cc21. The van der Waals surface area contributed by atoms with Crippen LogP contribution in [-0.4, -0.2) is 11.6 Å². The summed E-state index contributed by atoms with van der Waals surface area (Å²) in [5.74, 6) is 0. The van der Waals surface area contributed by atoms with Gasteiger partial charge in [0.05, 0.1) is 6.54 Å². The van der Waals surface area contributed by atoms with Gasteiger partial charge in [-0.05, 0) is 64.8 Å². The Morgan fingerprint density at radius 1 is 1.50 bits per heavy atom. The molecule has 2 aromatic heterocycles. The Hall–Kier alpha value is -0.580. The normalized spacial score (nSPS) is 18.9. The van der Waals surface area contributed by atoms with Crippen LogP contribution in [0.15, 0.2) is 28.3 Å². The van der Waals surface area contributed by atoms with Crippen LogP contribution in [-0.2, 0) is 13.0 Å². The van der Waals surface area contributed by atoms with E-state index in [4.69, 9.17) is 0 Å². The van der Waals surface area contributed by atoms with Gasteiger partial charge in [-0.15, -0.1) is 11.3 Å². The van der Waals surface area contributed by atoms with Gasteiger partial charge in [-0.1, -0.05) is 0 Å². The number of aromatic nitrogens is 1. The lowest BCUT2D eigenvalue weighted by molar-refractivity contribution is 0.498. The van der Waals surface area contributed by atoms with E-state index < -0.39 is 0 Å². The second kappa shape index (κ2) is 5.19. The van der Waals surface area contributed by atoms with E-state index in [9.17, 15) is 0 Å². The van der Waals surface area contributed by atoms with Crippen molar-refractivity contribution in [3.8, 4) is 0 Å². The van der Waals surface area contributed by atoms with Crippen LogP contribution in [0.3, 0.4) is 0 Å². The van der Waals surface area contributed by atoms with Crippen LogP contribution >= 0.6 is 27.3 Å². The highest BCUT2D eigenvalue weighted by Crippen LogP contribution is 2.31. The highest BCUT2D eigenvalue weighted by atomic mass is 79.9. The highest BCUT2D eigenvalue weighted by molar-refractivity contribution is 9.10. The van der Waals surface area contributed by atoms with E-state index in [-0.39, 0.29) is 0 Å². The van der Waals surface area contributed by atoms with Crippen LogP contribution in [0.2, 0.25) is 0 Å². The summed E-state index contributed by atoms with van der Waals surface area (Å²) in [7, 11) is 2.06. The summed E-state index contributed by atoms with van der Waals surface area (Å²) in [6.45, 7) is 0.974. The van der Waals surface area contributed by atoms with Gasteiger partial charge >= 0.3 is 0 Å². The lowest BCUT2D eigenvalue weighted by Crippen LogP contribution is -2.20. The predicted molar refractivity (Wildman–Crippen MR) is 80.3 cm³/mol. The van der Waals surface area contributed by atoms with Gasteiger partial charge in [0.2, 0.25) is 0 Å². The number of rotatable bonds is 3. The molecule has 2 nitrogen and oxygen atoms in total. The molecule has 2 aromatic rings. The predicted octanol–water partition coefficient (Wildman–Crippen LogP) is 3.96. The number of nitrogens with zero attached hydrogens (tertiary/aromatic N) is 1. The minimum atomic E-state index is 0.543. The molecule has 3 rings (SSSR count). The summed E-state index contributed by atoms with van der Waals surface area (Å²) in [5.41, 5.74) is 3.02. The zero-order valence-corrected chi connectivity index (χ0v) is 12.9. The van der Waals surface area contributed by atoms with Gasteiger partial charge in [0, 0.05) is 27.8 Å². The third-order valence-electron chi connectivity index (χ3n) is 3.68. The molecule has 18 heavy (non-hydrogen) atoms. The van der Waals surface area contributed by atoms with Gasteiger partial charge in [-0.25, -0.2) is 0 Å². The Balaban J connectivity index is 1.86. The van der Waals surface area contributed by atoms with Crippen molar-refractivity contribution in [1.82, 2.24) is 9.88 Å². The van der Waals surface area contributed by atoms with E-state index in [0.29, 0.717) is 6.04 Å². The van der Waals surface area contributed by atoms with Crippen molar-refractivity contribution in [3.63, 3.8) is 0 Å². The minimum absolute atomic E-state index is 0.543. The average Bonchev–Trinajstić information content (AvgIpc) is 2.95. The Morgan fingerprint density at radius 3 is 3.11 bits per heavy atom. The fourth-order valence-electron chi connectivity index (χ4n) is 2.74. The second-order valence-corrected chi connectivity index (χ2v) is 6.69. The third-order valence-corrected chi connectivity index (χ3v) is 5.59. The van der Waals surface area contributed by atoms with Gasteiger partial charge in [-0.3, -0.25) is 0 Å². The Morgan fingerprint density at radius 2 is 2.39 bits per heavy atom. The molecule has 0 radical (unpaired) electrons. The summed E-state index contributed by atoms with van der Waals surface area (Å²) in [5, 5.41) is 5.56. The maximum Gasteiger partial charge on any atom is 0.0575 e. The zero-order valence-electron chi connectivity index (χ0n) is 10.4. The van der Waals surface area contributed by atoms with E-state index in [2.05, 4.69) is 56.7 Å². The van der Waals surface area contributed by atoms with E-state index in [1.807, 2.05) is 11.3 Å². The van der Waals surface area contributed by atoms with E-state index in [1.165, 1.54) is 39.7 Å². The first-order valence-corrected chi connectivity index (χ1v) is 8.03. The number of fused-ring (bicyclic) bond motifs is 1. The Kier molecular flexibility index (Phi) is 3.59.